The molecule has 0 saturated carbocycles. The number of anilines is 1. The molecule has 2 amide bonds. The third kappa shape index (κ3) is 4.28. The zero-order valence-electron chi connectivity index (χ0n) is 15.6. The van der Waals surface area contributed by atoms with Crippen LogP contribution in [0.5, 0.6) is 5.75 Å². The van der Waals surface area contributed by atoms with Gasteiger partial charge in [-0.3, -0.25) is 9.59 Å². The fraction of sp³-hybridized carbons (Fsp3) is 0.333. The molecular weight excluding hydrogens is 342 g/mol. The van der Waals surface area contributed by atoms with Crippen LogP contribution in [0.4, 0.5) is 5.69 Å². The molecule has 1 aliphatic rings. The van der Waals surface area contributed by atoms with Crippen LogP contribution in [0.2, 0.25) is 0 Å². The van der Waals surface area contributed by atoms with Crippen molar-refractivity contribution in [3.63, 3.8) is 0 Å². The first-order valence-corrected chi connectivity index (χ1v) is 9.11. The van der Waals surface area contributed by atoms with Gasteiger partial charge in [0.2, 0.25) is 5.91 Å². The van der Waals surface area contributed by atoms with E-state index in [2.05, 4.69) is 31.3 Å². The van der Waals surface area contributed by atoms with Crippen LogP contribution in [0.3, 0.4) is 0 Å². The van der Waals surface area contributed by atoms with E-state index in [1.807, 2.05) is 30.3 Å². The number of primary amides is 1. The van der Waals surface area contributed by atoms with E-state index in [4.69, 9.17) is 10.5 Å². The average Bonchev–Trinajstić information content (AvgIpc) is 2.67. The maximum atomic E-state index is 12.9. The molecule has 0 saturated heterocycles. The second-order valence-corrected chi connectivity index (χ2v) is 6.99. The van der Waals surface area contributed by atoms with Gasteiger partial charge >= 0.3 is 0 Å². The van der Waals surface area contributed by atoms with Crippen LogP contribution in [0, 0.1) is 5.92 Å². The van der Waals surface area contributed by atoms with E-state index in [1.54, 1.807) is 17.0 Å². The minimum absolute atomic E-state index is 0.0540. The summed E-state index contributed by atoms with van der Waals surface area (Å²) in [6.07, 6.45) is -0.848. The number of fused-ring (bicyclic) bond motifs is 1. The zero-order chi connectivity index (χ0) is 19.4. The summed E-state index contributed by atoms with van der Waals surface area (Å²) in [5.41, 5.74) is 7.20. The number of carbonyl (C=O) groups is 2. The molecule has 6 nitrogen and oxygen atoms in total. The average molecular weight is 367 g/mol. The topological polar surface area (TPSA) is 84.7 Å². The van der Waals surface area contributed by atoms with Crippen molar-refractivity contribution in [2.45, 2.75) is 26.0 Å². The van der Waals surface area contributed by atoms with Crippen LogP contribution in [-0.2, 0) is 9.59 Å². The minimum Gasteiger partial charge on any atom is -0.477 e. The van der Waals surface area contributed by atoms with Crippen molar-refractivity contribution in [2.24, 2.45) is 11.7 Å². The lowest BCUT2D eigenvalue weighted by atomic mass is 9.96. The fourth-order valence-corrected chi connectivity index (χ4v) is 3.31. The van der Waals surface area contributed by atoms with E-state index < -0.39 is 12.0 Å². The summed E-state index contributed by atoms with van der Waals surface area (Å²) in [5, 5.41) is 3.36. The van der Waals surface area contributed by atoms with Gasteiger partial charge in [0.25, 0.3) is 5.91 Å². The van der Waals surface area contributed by atoms with Crippen molar-refractivity contribution in [1.29, 1.82) is 0 Å². The van der Waals surface area contributed by atoms with Crippen LogP contribution < -0.4 is 20.7 Å². The predicted octanol–water partition coefficient (Wildman–Crippen LogP) is 2.25. The number of nitrogens with two attached hydrogens (primary N) is 1. The van der Waals surface area contributed by atoms with Gasteiger partial charge in [-0.1, -0.05) is 56.3 Å². The van der Waals surface area contributed by atoms with E-state index in [1.165, 1.54) is 0 Å². The molecule has 27 heavy (non-hydrogen) atoms. The quantitative estimate of drug-likeness (QED) is 0.820. The first-order chi connectivity index (χ1) is 13.0. The van der Waals surface area contributed by atoms with Crippen molar-refractivity contribution in [3.8, 4) is 5.75 Å². The number of carbonyl (C=O) groups excluding carboxylic acids is 2. The lowest BCUT2D eigenvalue weighted by Crippen LogP contribution is -2.51. The highest BCUT2D eigenvalue weighted by atomic mass is 16.5. The Morgan fingerprint density at radius 2 is 1.81 bits per heavy atom. The van der Waals surface area contributed by atoms with Gasteiger partial charge in [0, 0.05) is 6.04 Å². The Morgan fingerprint density at radius 3 is 2.48 bits per heavy atom. The molecule has 142 valence electrons. The maximum absolute atomic E-state index is 12.9. The molecule has 1 aliphatic heterocycles. The van der Waals surface area contributed by atoms with Gasteiger partial charge in [-0.2, -0.15) is 0 Å². The van der Waals surface area contributed by atoms with E-state index in [-0.39, 0.29) is 25.0 Å². The number of hydrogen-bond donors (Lipinski definition) is 2. The van der Waals surface area contributed by atoms with Gasteiger partial charge in [0.05, 0.1) is 18.8 Å². The van der Waals surface area contributed by atoms with Crippen LogP contribution >= 0.6 is 0 Å². The zero-order valence-corrected chi connectivity index (χ0v) is 15.6. The predicted molar refractivity (Wildman–Crippen MR) is 104 cm³/mol. The van der Waals surface area contributed by atoms with E-state index in [0.717, 1.165) is 5.56 Å². The maximum Gasteiger partial charge on any atom is 0.260 e. The molecule has 0 aliphatic carbocycles. The summed E-state index contributed by atoms with van der Waals surface area (Å²) in [4.78, 5) is 26.1. The number of nitrogens with one attached hydrogen (secondary N) is 1. The summed E-state index contributed by atoms with van der Waals surface area (Å²) in [6, 6.07) is 17.3. The smallest absolute Gasteiger partial charge is 0.260 e. The van der Waals surface area contributed by atoms with Crippen LogP contribution in [0.25, 0.3) is 0 Å². The number of hydrogen-bond acceptors (Lipinski definition) is 4. The Morgan fingerprint density at radius 1 is 1.15 bits per heavy atom. The third-order valence-electron chi connectivity index (χ3n) is 4.69. The van der Waals surface area contributed by atoms with Gasteiger partial charge in [-0.25, -0.2) is 0 Å². The first kappa shape index (κ1) is 18.9. The molecule has 0 aromatic heterocycles. The number of rotatable bonds is 6. The molecule has 2 atom stereocenters. The van der Waals surface area contributed by atoms with Crippen molar-refractivity contribution < 1.29 is 14.3 Å². The Kier molecular flexibility index (Phi) is 5.76. The van der Waals surface area contributed by atoms with Crippen molar-refractivity contribution >= 4 is 17.5 Å². The number of benzene rings is 2. The lowest BCUT2D eigenvalue weighted by Gasteiger charge is -2.34. The molecule has 6 heteroatoms. The third-order valence-corrected chi connectivity index (χ3v) is 4.69. The summed E-state index contributed by atoms with van der Waals surface area (Å²) in [7, 11) is 0. The van der Waals surface area contributed by atoms with Gasteiger partial charge in [-0.05, 0) is 23.6 Å². The van der Waals surface area contributed by atoms with Crippen molar-refractivity contribution in [2.75, 3.05) is 18.0 Å². The molecule has 2 aromatic carbocycles. The van der Waals surface area contributed by atoms with Gasteiger partial charge in [0.1, 0.15) is 5.75 Å². The summed E-state index contributed by atoms with van der Waals surface area (Å²) in [6.45, 7) is 4.49. The first-order valence-electron chi connectivity index (χ1n) is 9.11. The molecule has 3 rings (SSSR count). The van der Waals surface area contributed by atoms with Crippen LogP contribution in [0.1, 0.15) is 25.5 Å². The van der Waals surface area contributed by atoms with E-state index in [9.17, 15) is 9.59 Å². The van der Waals surface area contributed by atoms with E-state index in [0.29, 0.717) is 17.4 Å². The van der Waals surface area contributed by atoms with E-state index >= 15 is 0 Å². The molecular formula is C21H25N3O3. The highest BCUT2D eigenvalue weighted by molar-refractivity contribution is 5.98. The number of nitrogens with zero attached hydrogens (tertiary/aromatic N) is 1. The van der Waals surface area contributed by atoms with Crippen molar-refractivity contribution in [3.05, 3.63) is 60.2 Å². The number of amides is 2. The Bertz CT molecular complexity index is 807. The van der Waals surface area contributed by atoms with Crippen molar-refractivity contribution in [1.82, 2.24) is 5.32 Å². The molecule has 1 heterocycles. The summed E-state index contributed by atoms with van der Waals surface area (Å²) < 4.78 is 5.62. The molecule has 2 unspecified atom stereocenters. The second kappa shape index (κ2) is 8.22. The molecule has 3 N–H and O–H groups in total. The highest BCUT2D eigenvalue weighted by Crippen LogP contribution is 2.33. The number of para-hydroxylation sites is 2. The number of ether oxygens (including phenoxy) is 1. The van der Waals surface area contributed by atoms with Crippen LogP contribution in [-0.4, -0.2) is 31.0 Å². The monoisotopic (exact) mass is 367 g/mol. The normalized spacial score (nSPS) is 17.1. The molecule has 0 bridgehead atoms. The van der Waals surface area contributed by atoms with Gasteiger partial charge in [-0.15, -0.1) is 0 Å². The lowest BCUT2D eigenvalue weighted by molar-refractivity contribution is -0.125. The summed E-state index contributed by atoms with van der Waals surface area (Å²) >= 11 is 0. The molecule has 0 spiro atoms. The molecule has 0 radical (unpaired) electrons. The molecule has 0 fully saturated rings. The fourth-order valence-electron chi connectivity index (χ4n) is 3.31. The summed E-state index contributed by atoms with van der Waals surface area (Å²) in [5.74, 6) is 0.0955. The van der Waals surface area contributed by atoms with Gasteiger partial charge in [0.15, 0.2) is 6.10 Å². The largest absolute Gasteiger partial charge is 0.477 e. The molecule has 2 aromatic rings. The Labute approximate surface area is 159 Å². The highest BCUT2D eigenvalue weighted by Gasteiger charge is 2.32. The SMILES string of the molecule is CC(C)C(NCC(=O)N1CC(C(N)=O)Oc2ccccc21)c1ccccc1. The second-order valence-electron chi connectivity index (χ2n) is 6.99. The van der Waals surface area contributed by atoms with Crippen LogP contribution in [0.15, 0.2) is 54.6 Å². The minimum atomic E-state index is -0.848. The Hall–Kier alpha value is -2.86. The van der Waals surface area contributed by atoms with Gasteiger partial charge < -0.3 is 20.7 Å². The Balaban J connectivity index is 1.76. The standard InChI is InChI=1S/C21H25N3O3/c1-14(2)20(15-8-4-3-5-9-15)23-12-19(25)24-13-18(21(22)26)27-17-11-7-6-10-16(17)24/h3-11,14,18,20,23H,12-13H2,1-2H3,(H2,22,26).